The fourth-order valence-electron chi connectivity index (χ4n) is 5.72. The highest BCUT2D eigenvalue weighted by molar-refractivity contribution is 7.60. The summed E-state index contributed by atoms with van der Waals surface area (Å²) in [6.07, 6.45) is 1.95. The molecule has 0 spiro atoms. The number of benzene rings is 2. The number of amides is 3. The number of methoxy groups -OCH3 is 1. The number of nitrogens with one attached hydrogen (secondary N) is 1. The van der Waals surface area contributed by atoms with Crippen LogP contribution in [0.15, 0.2) is 60.7 Å². The molecule has 2 atom stereocenters. The van der Waals surface area contributed by atoms with Crippen LogP contribution in [-0.2, 0) is 18.8 Å². The van der Waals surface area contributed by atoms with Gasteiger partial charge >= 0.3 is 13.7 Å². The highest BCUT2D eigenvalue weighted by Crippen LogP contribution is 2.37. The van der Waals surface area contributed by atoms with E-state index in [2.05, 4.69) is 10.3 Å². The first-order chi connectivity index (χ1) is 23.1. The van der Waals surface area contributed by atoms with Gasteiger partial charge in [0.2, 0.25) is 5.91 Å². The Labute approximate surface area is 279 Å². The minimum atomic E-state index is -4.86. The Morgan fingerprint density at radius 2 is 1.67 bits per heavy atom. The van der Waals surface area contributed by atoms with Crippen LogP contribution in [0.3, 0.4) is 0 Å². The van der Waals surface area contributed by atoms with Crippen molar-refractivity contribution in [3.05, 3.63) is 71.9 Å². The van der Waals surface area contributed by atoms with E-state index in [0.29, 0.717) is 36.9 Å². The second-order valence-electron chi connectivity index (χ2n) is 11.7. The number of unbranched alkanes of at least 4 members (excludes halogenated alkanes) is 1. The molecule has 2 aliphatic rings. The second-order valence-corrected chi connectivity index (χ2v) is 13.3. The molecule has 1 unspecified atom stereocenters. The molecule has 3 heterocycles. The Morgan fingerprint density at radius 1 is 0.979 bits per heavy atom. The van der Waals surface area contributed by atoms with Gasteiger partial charge in [-0.15, -0.1) is 0 Å². The minimum absolute atomic E-state index is 0.00207. The zero-order chi connectivity index (χ0) is 34.3. The van der Waals surface area contributed by atoms with Crippen molar-refractivity contribution in [2.45, 2.75) is 38.3 Å². The van der Waals surface area contributed by atoms with Crippen LogP contribution in [0.1, 0.15) is 48.3 Å². The molecule has 15 heteroatoms. The van der Waals surface area contributed by atoms with E-state index in [1.54, 1.807) is 19.2 Å². The molecule has 2 aliphatic heterocycles. The lowest BCUT2D eigenvalue weighted by molar-refractivity contribution is -0.135. The van der Waals surface area contributed by atoms with Crippen LogP contribution >= 0.6 is 7.60 Å². The lowest BCUT2D eigenvalue weighted by atomic mass is 10.0. The molecule has 5 rings (SSSR count). The molecule has 3 amide bonds. The van der Waals surface area contributed by atoms with Crippen LogP contribution in [0.5, 0.6) is 0 Å². The molecule has 256 valence electrons. The topological polar surface area (TPSA) is 175 Å². The molecule has 0 bridgehead atoms. The largest absolute Gasteiger partial charge is 0.449 e. The van der Waals surface area contributed by atoms with E-state index >= 15 is 0 Å². The first-order valence-electron chi connectivity index (χ1n) is 16.0. The highest BCUT2D eigenvalue weighted by Gasteiger charge is 2.36. The Morgan fingerprint density at radius 3 is 2.33 bits per heavy atom. The Hall–Kier alpha value is -4.36. The number of ether oxygens (including phenoxy) is 2. The maximum atomic E-state index is 14.1. The number of piperazine rings is 1. The number of nitrogens with zero attached hydrogens (tertiary/aromatic N) is 5. The van der Waals surface area contributed by atoms with Crippen LogP contribution in [0, 0.1) is 0 Å². The second kappa shape index (κ2) is 15.7. The Kier molecular flexibility index (Phi) is 11.4. The molecule has 0 radical (unpaired) electrons. The van der Waals surface area contributed by atoms with Crippen LogP contribution in [0.25, 0.3) is 11.4 Å². The van der Waals surface area contributed by atoms with E-state index in [1.807, 2.05) is 42.2 Å². The van der Waals surface area contributed by atoms with Crippen LogP contribution < -0.4 is 15.5 Å². The summed E-state index contributed by atoms with van der Waals surface area (Å²) in [4.78, 5) is 75.3. The molecule has 1 aromatic heterocycles. The molecule has 3 aromatic rings. The SMILES string of the molecule is CCCCOC(=O)N1CCN(C(=O)C(NC(=O)c2cc(N3CC[C@H](OC)C3)nc(-c3ccccc3)n2)c2ccccc2P(=O)(O)O)CC1. The van der Waals surface area contributed by atoms with Gasteiger partial charge in [-0.3, -0.25) is 14.2 Å². The summed E-state index contributed by atoms with van der Waals surface area (Å²) in [5, 5.41) is 2.35. The molecule has 0 aliphatic carbocycles. The lowest BCUT2D eigenvalue weighted by Gasteiger charge is -2.36. The number of hydrogen-bond acceptors (Lipinski definition) is 9. The first kappa shape index (κ1) is 35.0. The summed E-state index contributed by atoms with van der Waals surface area (Å²) in [5.74, 6) is -0.493. The molecule has 2 saturated heterocycles. The Balaban J connectivity index is 1.45. The quantitative estimate of drug-likeness (QED) is 0.201. The smallest absolute Gasteiger partial charge is 0.409 e. The van der Waals surface area contributed by atoms with E-state index in [0.717, 1.165) is 19.3 Å². The summed E-state index contributed by atoms with van der Waals surface area (Å²) in [5.41, 5.74) is 0.623. The molecule has 2 fully saturated rings. The molecule has 48 heavy (non-hydrogen) atoms. The third kappa shape index (κ3) is 8.37. The van der Waals surface area contributed by atoms with E-state index in [9.17, 15) is 28.7 Å². The van der Waals surface area contributed by atoms with Crippen LogP contribution in [0.2, 0.25) is 0 Å². The number of hydrogen-bond donors (Lipinski definition) is 3. The van der Waals surface area contributed by atoms with Crippen molar-refractivity contribution in [1.29, 1.82) is 0 Å². The molecular formula is C33H41N6O8P. The standard InChI is InChI=1S/C33H41N6O8P/c1-3-4-20-47-33(42)38-18-16-37(17-19-38)32(41)29(25-12-8-9-13-27(25)48(43,44)45)36-31(40)26-21-28(39-15-14-24(22-39)46-2)35-30(34-26)23-10-6-5-7-11-23/h5-13,21,24,29H,3-4,14-20,22H2,1-2H3,(H,36,40)(H2,43,44,45)/t24-,29?/m0/s1. The van der Waals surface area contributed by atoms with Gasteiger partial charge < -0.3 is 39.3 Å². The lowest BCUT2D eigenvalue weighted by Crippen LogP contribution is -2.54. The predicted octanol–water partition coefficient (Wildman–Crippen LogP) is 2.72. The highest BCUT2D eigenvalue weighted by atomic mass is 31.2. The van der Waals surface area contributed by atoms with E-state index in [1.165, 1.54) is 28.0 Å². The normalized spacial score (nSPS) is 17.2. The average molecular weight is 681 g/mol. The van der Waals surface area contributed by atoms with Crippen LogP contribution in [-0.4, -0.2) is 107 Å². The van der Waals surface area contributed by atoms with Gasteiger partial charge in [0.15, 0.2) is 5.82 Å². The van der Waals surface area contributed by atoms with Gasteiger partial charge in [-0.05, 0) is 24.5 Å². The number of aromatic nitrogens is 2. The third-order valence-corrected chi connectivity index (χ3v) is 9.47. The molecule has 3 N–H and O–H groups in total. The van der Waals surface area contributed by atoms with Crippen molar-refractivity contribution in [1.82, 2.24) is 25.1 Å². The van der Waals surface area contributed by atoms with Gasteiger partial charge in [-0.2, -0.15) is 0 Å². The molecular weight excluding hydrogens is 639 g/mol. The van der Waals surface area contributed by atoms with Crippen molar-refractivity contribution in [2.75, 3.05) is 57.9 Å². The van der Waals surface area contributed by atoms with Crippen molar-refractivity contribution < 1.29 is 38.2 Å². The number of anilines is 1. The maximum Gasteiger partial charge on any atom is 0.409 e. The number of carbonyl (C=O) groups is 3. The zero-order valence-corrected chi connectivity index (χ0v) is 27.9. The van der Waals surface area contributed by atoms with Crippen LogP contribution in [0.4, 0.5) is 10.6 Å². The van der Waals surface area contributed by atoms with Crippen molar-refractivity contribution in [3.8, 4) is 11.4 Å². The van der Waals surface area contributed by atoms with Gasteiger partial charge in [-0.25, -0.2) is 14.8 Å². The summed E-state index contributed by atoms with van der Waals surface area (Å²) < 4.78 is 23.4. The average Bonchev–Trinajstić information content (AvgIpc) is 3.60. The van der Waals surface area contributed by atoms with Crippen molar-refractivity contribution in [2.24, 2.45) is 0 Å². The molecule has 0 saturated carbocycles. The van der Waals surface area contributed by atoms with Crippen molar-refractivity contribution >= 4 is 36.6 Å². The number of carbonyl (C=O) groups excluding carboxylic acids is 3. The summed E-state index contributed by atoms with van der Waals surface area (Å²) in [7, 11) is -3.21. The maximum absolute atomic E-state index is 14.1. The number of rotatable bonds is 11. The fourth-order valence-corrected chi connectivity index (χ4v) is 6.54. The van der Waals surface area contributed by atoms with E-state index < -0.39 is 31.5 Å². The zero-order valence-electron chi connectivity index (χ0n) is 27.0. The van der Waals surface area contributed by atoms with Gasteiger partial charge in [0.25, 0.3) is 5.91 Å². The summed E-state index contributed by atoms with van der Waals surface area (Å²) in [6.45, 7) is 4.20. The summed E-state index contributed by atoms with van der Waals surface area (Å²) in [6, 6.07) is 14.9. The first-order valence-corrected chi connectivity index (χ1v) is 17.6. The predicted molar refractivity (Wildman–Crippen MR) is 178 cm³/mol. The van der Waals surface area contributed by atoms with E-state index in [-0.39, 0.29) is 48.8 Å². The Bertz CT molecular complexity index is 1650. The molecule has 2 aromatic carbocycles. The van der Waals surface area contributed by atoms with Gasteiger partial charge in [0, 0.05) is 58.0 Å². The monoisotopic (exact) mass is 680 g/mol. The fraction of sp³-hybridized carbons (Fsp3) is 0.424. The van der Waals surface area contributed by atoms with Gasteiger partial charge in [-0.1, -0.05) is 61.9 Å². The molecule has 14 nitrogen and oxygen atoms in total. The van der Waals surface area contributed by atoms with E-state index in [4.69, 9.17) is 14.5 Å². The minimum Gasteiger partial charge on any atom is -0.449 e. The van der Waals surface area contributed by atoms with Gasteiger partial charge in [0.1, 0.15) is 17.6 Å². The van der Waals surface area contributed by atoms with Gasteiger partial charge in [0.05, 0.1) is 18.0 Å². The summed E-state index contributed by atoms with van der Waals surface area (Å²) >= 11 is 0. The van der Waals surface area contributed by atoms with Crippen molar-refractivity contribution in [3.63, 3.8) is 0 Å². The third-order valence-electron chi connectivity index (χ3n) is 8.44.